The lowest BCUT2D eigenvalue weighted by molar-refractivity contribution is -0.193. The molecule has 0 aliphatic carbocycles. The molecule has 0 spiro atoms. The van der Waals surface area contributed by atoms with Crippen molar-refractivity contribution in [1.82, 2.24) is 19.8 Å². The Morgan fingerprint density at radius 1 is 0.870 bits per heavy atom. The van der Waals surface area contributed by atoms with Crippen LogP contribution in [0.5, 0.6) is 0 Å². The van der Waals surface area contributed by atoms with E-state index in [1.165, 1.54) is 0 Å². The van der Waals surface area contributed by atoms with E-state index in [4.69, 9.17) is 36.1 Å². The molecule has 54 heavy (non-hydrogen) atoms. The van der Waals surface area contributed by atoms with Crippen molar-refractivity contribution in [2.24, 2.45) is 0 Å². The van der Waals surface area contributed by atoms with Crippen LogP contribution in [0, 0.1) is 0 Å². The summed E-state index contributed by atoms with van der Waals surface area (Å²) in [5.74, 6) is -4.68. The number of aryl methyl sites for hydroxylation is 2. The van der Waals surface area contributed by atoms with Crippen molar-refractivity contribution in [3.63, 3.8) is 0 Å². The standard InChI is InChI=1S/C29H34ClN7O3.2C2HF3O2/c1-29(2,3)40-28(39)37-13-11-36(12-14-37)18-25(38)34-24-10-9-22-16-20(24)8-7-19-5-4-6-21(15-19)33-27-31-17-23(30)26(32-22)35-27;2*3-2(4,5)1(6)7/h4-6,9-10,15-17H,7-8,11-14,18H2,1-3H3,(H,34,38)(H2,31,32,33,35);2*(H,6,7). The number of benzene rings is 2. The molecule has 3 heterocycles. The van der Waals surface area contributed by atoms with Crippen LogP contribution in [0.3, 0.4) is 0 Å². The first-order chi connectivity index (χ1) is 25.0. The first-order valence-electron chi connectivity index (χ1n) is 15.9. The minimum Gasteiger partial charge on any atom is -0.475 e. The van der Waals surface area contributed by atoms with Gasteiger partial charge in [-0.15, -0.1) is 0 Å². The predicted molar refractivity (Wildman–Crippen MR) is 184 cm³/mol. The number of nitrogens with zero attached hydrogens (tertiary/aromatic N) is 4. The summed E-state index contributed by atoms with van der Waals surface area (Å²) in [6, 6.07) is 13.9. The van der Waals surface area contributed by atoms with Gasteiger partial charge in [0.2, 0.25) is 11.9 Å². The van der Waals surface area contributed by atoms with E-state index in [1.54, 1.807) is 11.1 Å². The molecule has 14 nitrogen and oxygen atoms in total. The largest absolute Gasteiger partial charge is 0.490 e. The molecule has 1 aromatic heterocycles. The molecule has 294 valence electrons. The van der Waals surface area contributed by atoms with Gasteiger partial charge in [-0.3, -0.25) is 9.69 Å². The van der Waals surface area contributed by atoms with Crippen LogP contribution < -0.4 is 16.0 Å². The zero-order valence-electron chi connectivity index (χ0n) is 28.9. The highest BCUT2D eigenvalue weighted by Crippen LogP contribution is 2.29. The lowest BCUT2D eigenvalue weighted by atomic mass is 10.0. The van der Waals surface area contributed by atoms with E-state index in [0.29, 0.717) is 43.0 Å². The molecule has 2 amide bonds. The topological polar surface area (TPSA) is 186 Å². The minimum absolute atomic E-state index is 0.0970. The number of ether oxygens (including phenoxy) is 1. The number of piperazine rings is 1. The molecule has 0 atom stereocenters. The highest BCUT2D eigenvalue weighted by atomic mass is 35.5. The Kier molecular flexibility index (Phi) is 14.4. The van der Waals surface area contributed by atoms with Gasteiger partial charge in [0.25, 0.3) is 0 Å². The number of aromatic nitrogens is 2. The fraction of sp³-hybridized carbons (Fsp3) is 0.394. The van der Waals surface area contributed by atoms with Gasteiger partial charge in [-0.1, -0.05) is 23.7 Å². The average Bonchev–Trinajstić information content (AvgIpc) is 3.06. The second-order valence-electron chi connectivity index (χ2n) is 12.6. The van der Waals surface area contributed by atoms with Crippen molar-refractivity contribution in [2.75, 3.05) is 48.7 Å². The number of carboxylic acid groups (broad SMARTS) is 2. The van der Waals surface area contributed by atoms with Crippen LogP contribution in [0.25, 0.3) is 0 Å². The van der Waals surface area contributed by atoms with Crippen molar-refractivity contribution in [2.45, 2.75) is 51.6 Å². The summed E-state index contributed by atoms with van der Waals surface area (Å²) in [5, 5.41) is 24.3. The molecule has 1 fully saturated rings. The summed E-state index contributed by atoms with van der Waals surface area (Å²) in [7, 11) is 0. The fourth-order valence-electron chi connectivity index (χ4n) is 4.67. The van der Waals surface area contributed by atoms with Crippen molar-refractivity contribution in [3.05, 3.63) is 64.8 Å². The number of halogens is 7. The van der Waals surface area contributed by atoms with E-state index in [9.17, 15) is 35.9 Å². The van der Waals surface area contributed by atoms with Gasteiger partial charge in [0, 0.05) is 43.2 Å². The fourth-order valence-corrected chi connectivity index (χ4v) is 4.81. The van der Waals surface area contributed by atoms with Gasteiger partial charge in [-0.2, -0.15) is 31.3 Å². The van der Waals surface area contributed by atoms with E-state index >= 15 is 0 Å². The summed E-state index contributed by atoms with van der Waals surface area (Å²) in [6.07, 6.45) is -7.41. The van der Waals surface area contributed by atoms with Crippen molar-refractivity contribution in [1.29, 1.82) is 0 Å². The number of nitrogens with one attached hydrogen (secondary N) is 3. The molecule has 5 rings (SSSR count). The van der Waals surface area contributed by atoms with Crippen LogP contribution >= 0.6 is 11.6 Å². The number of hydrogen-bond acceptors (Lipinski definition) is 10. The third-order valence-corrected chi connectivity index (χ3v) is 7.41. The number of fused-ring (bicyclic) bond motifs is 6. The van der Waals surface area contributed by atoms with Gasteiger partial charge < -0.3 is 35.8 Å². The molecule has 3 aromatic rings. The molecule has 2 aromatic carbocycles. The first kappa shape index (κ1) is 43.0. The van der Waals surface area contributed by atoms with E-state index in [1.807, 2.05) is 51.1 Å². The first-order valence-corrected chi connectivity index (χ1v) is 16.3. The summed E-state index contributed by atoms with van der Waals surface area (Å²) in [6.45, 7) is 8.07. The molecular formula is C33H36ClF6N7O7. The third kappa shape index (κ3) is 14.2. The molecular weight excluding hydrogens is 756 g/mol. The van der Waals surface area contributed by atoms with Gasteiger partial charge in [-0.05, 0) is 75.1 Å². The quantitative estimate of drug-likeness (QED) is 0.182. The highest BCUT2D eigenvalue weighted by Gasteiger charge is 2.39. The molecule has 0 radical (unpaired) electrons. The van der Waals surface area contributed by atoms with Crippen molar-refractivity contribution in [3.8, 4) is 0 Å². The molecule has 0 saturated carbocycles. The number of rotatable bonds is 3. The van der Waals surface area contributed by atoms with Gasteiger partial charge in [0.1, 0.15) is 10.6 Å². The minimum atomic E-state index is -5.08. The van der Waals surface area contributed by atoms with E-state index in [-0.39, 0.29) is 18.5 Å². The van der Waals surface area contributed by atoms with Crippen LogP contribution in [0.15, 0.2) is 48.7 Å². The maximum absolute atomic E-state index is 13.1. The number of hydrogen-bond donors (Lipinski definition) is 5. The van der Waals surface area contributed by atoms with E-state index in [0.717, 1.165) is 41.0 Å². The molecule has 1 saturated heterocycles. The number of carbonyl (C=O) groups is 4. The van der Waals surface area contributed by atoms with Crippen LogP contribution in [-0.2, 0) is 32.0 Å². The SMILES string of the molecule is CC(C)(C)OC(=O)N1CCN(CC(=O)Nc2ccc3cc2CCc2cccc(c2)Nc2ncc(Cl)c(n2)N3)CC1.O=C(O)C(F)(F)F.O=C(O)C(F)(F)F. The highest BCUT2D eigenvalue weighted by molar-refractivity contribution is 6.32. The Hall–Kier alpha value is -5.37. The third-order valence-electron chi connectivity index (χ3n) is 7.13. The Labute approximate surface area is 309 Å². The van der Waals surface area contributed by atoms with Crippen molar-refractivity contribution >= 4 is 64.4 Å². The summed E-state index contributed by atoms with van der Waals surface area (Å²) < 4.78 is 68.9. The maximum atomic E-state index is 13.1. The number of amides is 2. The summed E-state index contributed by atoms with van der Waals surface area (Å²) in [5.41, 5.74) is 4.08. The molecule has 21 heteroatoms. The smallest absolute Gasteiger partial charge is 0.475 e. The second-order valence-corrected chi connectivity index (χ2v) is 13.0. The lowest BCUT2D eigenvalue weighted by Crippen LogP contribution is -2.51. The van der Waals surface area contributed by atoms with Crippen LogP contribution in [-0.4, -0.2) is 105 Å². The number of carboxylic acids is 2. The average molecular weight is 792 g/mol. The number of carbonyl (C=O) groups excluding carboxylic acids is 2. The predicted octanol–water partition coefficient (Wildman–Crippen LogP) is 6.47. The molecule has 5 N–H and O–H groups in total. The van der Waals surface area contributed by atoms with Crippen LogP contribution in [0.4, 0.5) is 60.0 Å². The van der Waals surface area contributed by atoms with Crippen molar-refractivity contribution < 1.29 is 60.5 Å². The zero-order chi connectivity index (χ0) is 40.4. The van der Waals surface area contributed by atoms with Gasteiger partial charge in [0.15, 0.2) is 5.82 Å². The normalized spacial score (nSPS) is 14.4. The second kappa shape index (κ2) is 18.1. The summed E-state index contributed by atoms with van der Waals surface area (Å²) in [4.78, 5) is 55.8. The monoisotopic (exact) mass is 791 g/mol. The molecule has 6 bridgehead atoms. The summed E-state index contributed by atoms with van der Waals surface area (Å²) >= 11 is 6.37. The number of anilines is 5. The Bertz CT molecular complexity index is 1790. The molecule has 2 aliphatic heterocycles. The Morgan fingerprint density at radius 2 is 1.46 bits per heavy atom. The van der Waals surface area contributed by atoms with Crippen LogP contribution in [0.1, 0.15) is 31.9 Å². The van der Waals surface area contributed by atoms with Gasteiger partial charge in [-0.25, -0.2) is 19.4 Å². The van der Waals surface area contributed by atoms with E-state index < -0.39 is 29.9 Å². The maximum Gasteiger partial charge on any atom is 0.490 e. The lowest BCUT2D eigenvalue weighted by Gasteiger charge is -2.35. The van der Waals surface area contributed by atoms with Gasteiger partial charge >= 0.3 is 30.4 Å². The van der Waals surface area contributed by atoms with Gasteiger partial charge in [0.05, 0.1) is 12.7 Å². The Morgan fingerprint density at radius 3 is 2.04 bits per heavy atom. The van der Waals surface area contributed by atoms with Crippen LogP contribution in [0.2, 0.25) is 5.02 Å². The Balaban J connectivity index is 0.000000476. The zero-order valence-corrected chi connectivity index (χ0v) is 29.7. The number of alkyl halides is 6. The number of aliphatic carboxylic acids is 2. The molecule has 0 unspecified atom stereocenters. The molecule has 2 aliphatic rings. The van der Waals surface area contributed by atoms with E-state index in [2.05, 4.69) is 43.0 Å².